The van der Waals surface area contributed by atoms with Gasteiger partial charge < -0.3 is 9.84 Å². The first-order valence-corrected chi connectivity index (χ1v) is 5.49. The molecule has 0 aromatic heterocycles. The number of aliphatic hydroxyl groups excluding tert-OH is 1. The lowest BCUT2D eigenvalue weighted by atomic mass is 9.97. The molecular formula is C13H13F3O2. The SMILES string of the molecule is Cc1ccc2c(c1C)OC(C(F)(F)F)C(CO)=C2. The van der Waals surface area contributed by atoms with Crippen LogP contribution in [0.1, 0.15) is 16.7 Å². The molecule has 0 spiro atoms. The number of alkyl halides is 3. The Balaban J connectivity index is 2.54. The Labute approximate surface area is 103 Å². The number of benzene rings is 1. The summed E-state index contributed by atoms with van der Waals surface area (Å²) in [4.78, 5) is 0. The molecule has 0 saturated heterocycles. The van der Waals surface area contributed by atoms with E-state index in [1.165, 1.54) is 6.08 Å². The fourth-order valence-electron chi connectivity index (χ4n) is 1.96. The minimum Gasteiger partial charge on any atom is -0.475 e. The molecule has 1 heterocycles. The highest BCUT2D eigenvalue weighted by molar-refractivity contribution is 5.66. The van der Waals surface area contributed by atoms with Gasteiger partial charge in [-0.15, -0.1) is 0 Å². The third-order valence-corrected chi connectivity index (χ3v) is 3.10. The van der Waals surface area contributed by atoms with Crippen LogP contribution in [0.5, 0.6) is 5.75 Å². The van der Waals surface area contributed by atoms with E-state index in [0.29, 0.717) is 11.1 Å². The first-order chi connectivity index (χ1) is 8.34. The van der Waals surface area contributed by atoms with Crippen molar-refractivity contribution in [3.63, 3.8) is 0 Å². The number of hydrogen-bond donors (Lipinski definition) is 1. The topological polar surface area (TPSA) is 29.5 Å². The van der Waals surface area contributed by atoms with Gasteiger partial charge in [0.25, 0.3) is 0 Å². The highest BCUT2D eigenvalue weighted by Gasteiger charge is 2.46. The molecule has 0 radical (unpaired) electrons. The molecule has 5 heteroatoms. The van der Waals surface area contributed by atoms with Crippen LogP contribution in [0.25, 0.3) is 6.08 Å². The molecular weight excluding hydrogens is 245 g/mol. The Morgan fingerprint density at radius 3 is 2.50 bits per heavy atom. The van der Waals surface area contributed by atoms with Crippen molar-refractivity contribution >= 4 is 6.08 Å². The molecule has 18 heavy (non-hydrogen) atoms. The van der Waals surface area contributed by atoms with E-state index in [2.05, 4.69) is 0 Å². The molecule has 0 saturated carbocycles. The van der Waals surface area contributed by atoms with Gasteiger partial charge in [0.05, 0.1) is 6.61 Å². The lowest BCUT2D eigenvalue weighted by Gasteiger charge is -2.29. The van der Waals surface area contributed by atoms with E-state index in [1.807, 2.05) is 13.0 Å². The fraction of sp³-hybridized carbons (Fsp3) is 0.385. The van der Waals surface area contributed by atoms with E-state index in [0.717, 1.165) is 5.56 Å². The Kier molecular flexibility index (Phi) is 3.11. The molecule has 2 rings (SSSR count). The van der Waals surface area contributed by atoms with Crippen LogP contribution in [0, 0.1) is 13.8 Å². The predicted octanol–water partition coefficient (Wildman–Crippen LogP) is 3.00. The zero-order valence-electron chi connectivity index (χ0n) is 10.0. The number of rotatable bonds is 1. The molecule has 0 fully saturated rings. The van der Waals surface area contributed by atoms with Gasteiger partial charge in [0.2, 0.25) is 6.10 Å². The maximum atomic E-state index is 12.8. The van der Waals surface area contributed by atoms with Crippen LogP contribution >= 0.6 is 0 Å². The molecule has 1 aliphatic rings. The maximum Gasteiger partial charge on any atom is 0.429 e. The number of hydrogen-bond acceptors (Lipinski definition) is 2. The van der Waals surface area contributed by atoms with Gasteiger partial charge in [-0.1, -0.05) is 12.1 Å². The second-order valence-electron chi connectivity index (χ2n) is 4.34. The minimum absolute atomic E-state index is 0.168. The van der Waals surface area contributed by atoms with Gasteiger partial charge in [-0.2, -0.15) is 13.2 Å². The monoisotopic (exact) mass is 258 g/mol. The number of halogens is 3. The predicted molar refractivity (Wildman–Crippen MR) is 61.4 cm³/mol. The molecule has 0 aliphatic carbocycles. The summed E-state index contributed by atoms with van der Waals surface area (Å²) in [5.74, 6) is 0.245. The van der Waals surface area contributed by atoms with Crippen molar-refractivity contribution in [3.8, 4) is 5.75 Å². The third-order valence-electron chi connectivity index (χ3n) is 3.10. The van der Waals surface area contributed by atoms with Crippen molar-refractivity contribution in [2.24, 2.45) is 0 Å². The number of fused-ring (bicyclic) bond motifs is 1. The number of ether oxygens (including phenoxy) is 1. The summed E-state index contributed by atoms with van der Waals surface area (Å²) < 4.78 is 43.5. The van der Waals surface area contributed by atoms with Crippen LogP contribution in [-0.2, 0) is 0 Å². The van der Waals surface area contributed by atoms with E-state index >= 15 is 0 Å². The van der Waals surface area contributed by atoms with Crippen LogP contribution in [0.3, 0.4) is 0 Å². The highest BCUT2D eigenvalue weighted by atomic mass is 19.4. The average Bonchev–Trinajstić information content (AvgIpc) is 2.31. The zero-order valence-corrected chi connectivity index (χ0v) is 10.0. The first kappa shape index (κ1) is 13.0. The Bertz CT molecular complexity index is 504. The lowest BCUT2D eigenvalue weighted by Crippen LogP contribution is -2.39. The van der Waals surface area contributed by atoms with E-state index in [-0.39, 0.29) is 11.3 Å². The quantitative estimate of drug-likeness (QED) is 0.839. The lowest BCUT2D eigenvalue weighted by molar-refractivity contribution is -0.185. The van der Waals surface area contributed by atoms with Gasteiger partial charge in [-0.3, -0.25) is 0 Å². The van der Waals surface area contributed by atoms with Crippen LogP contribution < -0.4 is 4.74 Å². The Hall–Kier alpha value is -1.49. The van der Waals surface area contributed by atoms with Crippen LogP contribution in [0.4, 0.5) is 13.2 Å². The van der Waals surface area contributed by atoms with Crippen LogP contribution in [-0.4, -0.2) is 24.0 Å². The maximum absolute atomic E-state index is 12.8. The number of aliphatic hydroxyl groups is 1. The minimum atomic E-state index is -4.53. The molecule has 2 nitrogen and oxygen atoms in total. The second kappa shape index (κ2) is 4.31. The smallest absolute Gasteiger partial charge is 0.429 e. The summed E-state index contributed by atoms with van der Waals surface area (Å²) in [7, 11) is 0. The van der Waals surface area contributed by atoms with Gasteiger partial charge in [-0.25, -0.2) is 0 Å². The van der Waals surface area contributed by atoms with E-state index in [1.54, 1.807) is 13.0 Å². The molecule has 1 unspecified atom stereocenters. The summed E-state index contributed by atoms with van der Waals surface area (Å²) in [6.45, 7) is 2.86. The van der Waals surface area contributed by atoms with Crippen LogP contribution in [0.2, 0.25) is 0 Å². The van der Waals surface area contributed by atoms with Crippen molar-refractivity contribution in [1.82, 2.24) is 0 Å². The van der Waals surface area contributed by atoms with Gasteiger partial charge in [0.1, 0.15) is 5.75 Å². The molecule has 1 aromatic carbocycles. The van der Waals surface area contributed by atoms with E-state index in [9.17, 15) is 13.2 Å². The van der Waals surface area contributed by atoms with Crippen molar-refractivity contribution in [3.05, 3.63) is 34.4 Å². The fourth-order valence-corrected chi connectivity index (χ4v) is 1.96. The summed E-state index contributed by atoms with van der Waals surface area (Å²) >= 11 is 0. The normalized spacial score (nSPS) is 19.0. The molecule has 1 N–H and O–H groups in total. The van der Waals surface area contributed by atoms with Crippen molar-refractivity contribution in [1.29, 1.82) is 0 Å². The van der Waals surface area contributed by atoms with Gasteiger partial charge in [0, 0.05) is 11.1 Å². The van der Waals surface area contributed by atoms with Crippen molar-refractivity contribution in [2.45, 2.75) is 26.1 Å². The van der Waals surface area contributed by atoms with E-state index in [4.69, 9.17) is 9.84 Å². The Morgan fingerprint density at radius 1 is 1.28 bits per heavy atom. The highest BCUT2D eigenvalue weighted by Crippen LogP contribution is 2.39. The van der Waals surface area contributed by atoms with Gasteiger partial charge >= 0.3 is 6.18 Å². The average molecular weight is 258 g/mol. The van der Waals surface area contributed by atoms with Crippen molar-refractivity contribution < 1.29 is 23.0 Å². The zero-order chi connectivity index (χ0) is 13.5. The standard InChI is InChI=1S/C13H13F3O2/c1-7-3-4-9-5-10(6-17)12(13(14,15)16)18-11(9)8(7)2/h3-5,12,17H,6H2,1-2H3. The summed E-state index contributed by atoms with van der Waals surface area (Å²) in [6, 6.07) is 3.51. The largest absolute Gasteiger partial charge is 0.475 e. The Morgan fingerprint density at radius 2 is 1.94 bits per heavy atom. The molecule has 1 atom stereocenters. The first-order valence-electron chi connectivity index (χ1n) is 5.49. The molecule has 0 amide bonds. The van der Waals surface area contributed by atoms with Gasteiger partial charge in [-0.05, 0) is 31.1 Å². The molecule has 1 aliphatic heterocycles. The molecule has 1 aromatic rings. The summed E-state index contributed by atoms with van der Waals surface area (Å²) in [5, 5.41) is 9.03. The third kappa shape index (κ3) is 2.10. The van der Waals surface area contributed by atoms with Crippen molar-refractivity contribution in [2.75, 3.05) is 6.61 Å². The number of aryl methyl sites for hydroxylation is 1. The summed E-state index contributed by atoms with van der Waals surface area (Å²) in [6.07, 6.45) is -5.23. The second-order valence-corrected chi connectivity index (χ2v) is 4.34. The van der Waals surface area contributed by atoms with Crippen LogP contribution in [0.15, 0.2) is 17.7 Å². The van der Waals surface area contributed by atoms with Gasteiger partial charge in [0.15, 0.2) is 0 Å². The van der Waals surface area contributed by atoms with E-state index < -0.39 is 18.9 Å². The molecule has 98 valence electrons. The summed E-state index contributed by atoms with van der Waals surface area (Å²) in [5.41, 5.74) is 1.96. The molecule has 0 bridgehead atoms.